The maximum absolute atomic E-state index is 13.6. The van der Waals surface area contributed by atoms with Gasteiger partial charge in [-0.1, -0.05) is 36.4 Å². The zero-order chi connectivity index (χ0) is 34.0. The van der Waals surface area contributed by atoms with Crippen molar-refractivity contribution in [1.29, 1.82) is 0 Å². The van der Waals surface area contributed by atoms with Gasteiger partial charge in [0, 0.05) is 0 Å². The summed E-state index contributed by atoms with van der Waals surface area (Å²) in [4.78, 5) is 50.0. The zero-order valence-corrected chi connectivity index (χ0v) is 26.5. The van der Waals surface area contributed by atoms with Gasteiger partial charge in [-0.3, -0.25) is 14.0 Å². The van der Waals surface area contributed by atoms with Crippen molar-refractivity contribution in [2.24, 2.45) is 11.7 Å². The number of nitrogens with zero attached hydrogens (tertiary/aromatic N) is 3. The minimum Gasteiger partial charge on any atom is -0.459 e. The Morgan fingerprint density at radius 2 is 1.72 bits per heavy atom. The lowest BCUT2D eigenvalue weighted by Gasteiger charge is -2.27. The average molecular weight is 655 g/mol. The van der Waals surface area contributed by atoms with E-state index >= 15 is 0 Å². The number of benzene rings is 1. The molecular formula is C31H38N6O10. The van der Waals surface area contributed by atoms with Crippen molar-refractivity contribution in [1.82, 2.24) is 25.2 Å². The van der Waals surface area contributed by atoms with Crippen molar-refractivity contribution >= 4 is 23.6 Å². The van der Waals surface area contributed by atoms with Gasteiger partial charge in [0.15, 0.2) is 29.6 Å². The lowest BCUT2D eigenvalue weighted by Crippen LogP contribution is -2.55. The summed E-state index contributed by atoms with van der Waals surface area (Å²) < 4.78 is 33.0. The molecule has 16 nitrogen and oxygen atoms in total. The van der Waals surface area contributed by atoms with Crippen LogP contribution in [0.15, 0.2) is 62.2 Å². The SMILES string of the molecule is Cc1oc(=O)oc1COC(=O)NC(C)(C)C(=O)NC(COCc1ccccc1)c1nnc2cccc(COC(=O)C(C)COCN)n12. The Labute approximate surface area is 269 Å². The van der Waals surface area contributed by atoms with E-state index in [1.54, 1.807) is 29.5 Å². The highest BCUT2D eigenvalue weighted by Gasteiger charge is 2.34. The molecule has 0 saturated carbocycles. The van der Waals surface area contributed by atoms with Gasteiger partial charge in [0.2, 0.25) is 5.91 Å². The molecule has 1 aromatic carbocycles. The smallest absolute Gasteiger partial charge is 0.459 e. The average Bonchev–Trinajstić information content (AvgIpc) is 3.63. The van der Waals surface area contributed by atoms with Crippen LogP contribution in [0.1, 0.15) is 55.4 Å². The number of nitrogens with one attached hydrogen (secondary N) is 2. The molecule has 4 N–H and O–H groups in total. The van der Waals surface area contributed by atoms with Gasteiger partial charge in [0.05, 0.1) is 38.2 Å². The molecule has 252 valence electrons. The highest BCUT2D eigenvalue weighted by molar-refractivity contribution is 5.89. The first-order valence-electron chi connectivity index (χ1n) is 14.7. The molecule has 0 radical (unpaired) electrons. The largest absolute Gasteiger partial charge is 0.519 e. The van der Waals surface area contributed by atoms with Gasteiger partial charge in [-0.05, 0) is 45.4 Å². The van der Waals surface area contributed by atoms with Gasteiger partial charge >= 0.3 is 17.9 Å². The normalized spacial score (nSPS) is 12.8. The first-order valence-corrected chi connectivity index (χ1v) is 14.7. The number of hydrogen-bond acceptors (Lipinski definition) is 13. The number of carbonyl (C=O) groups excluding carboxylic acids is 3. The number of ether oxygens (including phenoxy) is 4. The first kappa shape index (κ1) is 34.8. The quantitative estimate of drug-likeness (QED) is 0.117. The van der Waals surface area contributed by atoms with Crippen molar-refractivity contribution in [2.75, 3.05) is 19.9 Å². The number of aromatic nitrogens is 3. The van der Waals surface area contributed by atoms with Crippen LogP contribution in [0.25, 0.3) is 5.65 Å². The first-order chi connectivity index (χ1) is 22.5. The minimum absolute atomic E-state index is 0.0154. The molecule has 2 amide bonds. The molecule has 4 aromatic rings. The number of alkyl carbamates (subject to hydrolysis) is 1. The van der Waals surface area contributed by atoms with Gasteiger partial charge in [-0.25, -0.2) is 9.59 Å². The van der Waals surface area contributed by atoms with Crippen LogP contribution in [0, 0.1) is 12.8 Å². The van der Waals surface area contributed by atoms with E-state index in [4.69, 9.17) is 33.5 Å². The molecule has 0 aliphatic rings. The summed E-state index contributed by atoms with van der Waals surface area (Å²) in [5.74, 6) is -2.02. The van der Waals surface area contributed by atoms with Gasteiger partial charge in [-0.15, -0.1) is 10.2 Å². The third-order valence-electron chi connectivity index (χ3n) is 6.95. The van der Waals surface area contributed by atoms with E-state index in [0.29, 0.717) is 17.2 Å². The van der Waals surface area contributed by atoms with E-state index < -0.39 is 41.3 Å². The predicted octanol–water partition coefficient (Wildman–Crippen LogP) is 2.28. The van der Waals surface area contributed by atoms with Crippen molar-refractivity contribution < 1.29 is 42.2 Å². The second kappa shape index (κ2) is 16.0. The van der Waals surface area contributed by atoms with E-state index in [1.807, 2.05) is 30.3 Å². The standard InChI is InChI=1S/C31H38N6O10/c1-19(13-43-18-32)27(38)44-15-22-11-8-12-25-35-36-26(37(22)25)23(16-42-14-21-9-6-5-7-10-21)33-28(39)31(3,4)34-29(40)45-17-24-20(2)46-30(41)47-24/h5-12,19,23H,13-18,32H2,1-4H3,(H,33,39)(H,34,40). The Morgan fingerprint density at radius 3 is 2.43 bits per heavy atom. The van der Waals surface area contributed by atoms with Crippen LogP contribution in [0.3, 0.4) is 0 Å². The van der Waals surface area contributed by atoms with Gasteiger partial charge in [-0.2, -0.15) is 0 Å². The Hall–Kier alpha value is -5.06. The summed E-state index contributed by atoms with van der Waals surface area (Å²) in [6, 6.07) is 13.8. The number of carbonyl (C=O) groups is 3. The number of esters is 1. The molecule has 2 atom stereocenters. The van der Waals surface area contributed by atoms with Crippen LogP contribution in [0.4, 0.5) is 4.79 Å². The number of amides is 2. The number of aryl methyl sites for hydroxylation is 1. The maximum Gasteiger partial charge on any atom is 0.519 e. The molecule has 0 spiro atoms. The van der Waals surface area contributed by atoms with Crippen LogP contribution >= 0.6 is 0 Å². The third kappa shape index (κ3) is 9.48. The second-order valence-corrected chi connectivity index (χ2v) is 11.1. The highest BCUT2D eigenvalue weighted by Crippen LogP contribution is 2.19. The van der Waals surface area contributed by atoms with E-state index in [9.17, 15) is 19.2 Å². The number of fused-ring (bicyclic) bond motifs is 1. The summed E-state index contributed by atoms with van der Waals surface area (Å²) in [7, 11) is 0. The van der Waals surface area contributed by atoms with Crippen LogP contribution in [-0.2, 0) is 48.4 Å². The molecule has 0 aliphatic carbocycles. The molecule has 0 fully saturated rings. The Balaban J connectivity index is 1.52. The van der Waals surface area contributed by atoms with Gasteiger partial charge in [0.25, 0.3) is 0 Å². The van der Waals surface area contributed by atoms with E-state index in [0.717, 1.165) is 5.56 Å². The lowest BCUT2D eigenvalue weighted by molar-refractivity contribution is -0.151. The summed E-state index contributed by atoms with van der Waals surface area (Å²) in [6.07, 6.45) is -0.937. The number of hydrogen-bond donors (Lipinski definition) is 3. The van der Waals surface area contributed by atoms with Gasteiger partial charge in [0.1, 0.15) is 18.2 Å². The Bertz CT molecular complexity index is 1710. The molecule has 0 aliphatic heterocycles. The van der Waals surface area contributed by atoms with Gasteiger partial charge < -0.3 is 44.1 Å². The molecule has 47 heavy (non-hydrogen) atoms. The van der Waals surface area contributed by atoms with E-state index in [2.05, 4.69) is 20.8 Å². The highest BCUT2D eigenvalue weighted by atomic mass is 16.6. The van der Waals surface area contributed by atoms with Crippen molar-refractivity contribution in [2.45, 2.75) is 59.1 Å². The number of rotatable bonds is 16. The van der Waals surface area contributed by atoms with Crippen molar-refractivity contribution in [3.05, 3.63) is 87.8 Å². The molecular weight excluding hydrogens is 616 g/mol. The number of nitrogens with two attached hydrogens (primary N) is 1. The second-order valence-electron chi connectivity index (χ2n) is 11.1. The molecule has 0 saturated heterocycles. The maximum atomic E-state index is 13.6. The monoisotopic (exact) mass is 654 g/mol. The fourth-order valence-corrected chi connectivity index (χ4v) is 4.34. The Kier molecular flexibility index (Phi) is 11.8. The third-order valence-corrected chi connectivity index (χ3v) is 6.95. The predicted molar refractivity (Wildman–Crippen MR) is 163 cm³/mol. The van der Waals surface area contributed by atoms with E-state index in [-0.39, 0.29) is 51.3 Å². The topological polar surface area (TPSA) is 212 Å². The molecule has 2 unspecified atom stereocenters. The fraction of sp³-hybridized carbons (Fsp3) is 0.419. The summed E-state index contributed by atoms with van der Waals surface area (Å²) in [5.41, 5.74) is 5.76. The Morgan fingerprint density at radius 1 is 0.957 bits per heavy atom. The summed E-state index contributed by atoms with van der Waals surface area (Å²) >= 11 is 0. The number of pyridine rings is 1. The minimum atomic E-state index is -1.48. The molecule has 16 heteroatoms. The summed E-state index contributed by atoms with van der Waals surface area (Å²) in [6.45, 7) is 5.94. The molecule has 3 heterocycles. The van der Waals surface area contributed by atoms with E-state index in [1.165, 1.54) is 20.8 Å². The van der Waals surface area contributed by atoms with Crippen LogP contribution in [-0.4, -0.2) is 58.1 Å². The van der Waals surface area contributed by atoms with Crippen LogP contribution in [0.2, 0.25) is 0 Å². The van der Waals surface area contributed by atoms with Crippen LogP contribution < -0.4 is 22.2 Å². The lowest BCUT2D eigenvalue weighted by atomic mass is 10.0. The molecule has 3 aromatic heterocycles. The van der Waals surface area contributed by atoms with Crippen LogP contribution in [0.5, 0.6) is 0 Å². The zero-order valence-electron chi connectivity index (χ0n) is 26.5. The summed E-state index contributed by atoms with van der Waals surface area (Å²) in [5, 5.41) is 14.0. The van der Waals surface area contributed by atoms with Crippen molar-refractivity contribution in [3.63, 3.8) is 0 Å². The fourth-order valence-electron chi connectivity index (χ4n) is 4.34. The molecule has 0 bridgehead atoms. The molecule has 4 rings (SSSR count). The van der Waals surface area contributed by atoms with Crippen molar-refractivity contribution in [3.8, 4) is 0 Å².